The van der Waals surface area contributed by atoms with Crippen LogP contribution < -0.4 is 5.73 Å². The zero-order chi connectivity index (χ0) is 41.6. The quantitative estimate of drug-likeness (QED) is 0.0270. The van der Waals surface area contributed by atoms with E-state index in [2.05, 4.69) is 62.5 Å². The number of allylic oxidation sites excluding steroid dienone is 8. The Morgan fingerprint density at radius 3 is 1.47 bits per heavy atom. The van der Waals surface area contributed by atoms with Crippen molar-refractivity contribution in [3.63, 3.8) is 0 Å². The molecule has 9 heteroatoms. The van der Waals surface area contributed by atoms with Gasteiger partial charge in [-0.1, -0.05) is 204 Å². The van der Waals surface area contributed by atoms with Gasteiger partial charge < -0.3 is 20.1 Å². The highest BCUT2D eigenvalue weighted by Gasteiger charge is 2.25. The monoisotopic (exact) mass is 824 g/mol. The van der Waals surface area contributed by atoms with Crippen molar-refractivity contribution in [3.8, 4) is 0 Å². The number of carbonyl (C=O) groups excluding carboxylic acids is 1. The van der Waals surface area contributed by atoms with Gasteiger partial charge in [-0.3, -0.25) is 13.8 Å². The lowest BCUT2D eigenvalue weighted by atomic mass is 10.0. The van der Waals surface area contributed by atoms with E-state index in [1.807, 2.05) is 0 Å². The maximum absolute atomic E-state index is 12.6. The van der Waals surface area contributed by atoms with Crippen LogP contribution in [0.2, 0.25) is 0 Å². The summed E-state index contributed by atoms with van der Waals surface area (Å²) in [5, 5.41) is 0. The molecule has 0 aliphatic rings. The summed E-state index contributed by atoms with van der Waals surface area (Å²) < 4.78 is 33.5. The van der Waals surface area contributed by atoms with Gasteiger partial charge in [-0.15, -0.1) is 0 Å². The minimum Gasteiger partial charge on any atom is -0.457 e. The van der Waals surface area contributed by atoms with Gasteiger partial charge in [0.1, 0.15) is 6.10 Å². The second-order valence-electron chi connectivity index (χ2n) is 15.6. The van der Waals surface area contributed by atoms with Gasteiger partial charge in [0.2, 0.25) is 0 Å². The summed E-state index contributed by atoms with van der Waals surface area (Å²) in [6.07, 6.45) is 54.2. The Labute approximate surface area is 351 Å². The van der Waals surface area contributed by atoms with E-state index in [0.29, 0.717) is 13.0 Å². The Morgan fingerprint density at radius 2 is 0.982 bits per heavy atom. The number of phosphoric acid groups is 1. The molecule has 0 bridgehead atoms. The molecule has 0 heterocycles. The van der Waals surface area contributed by atoms with Crippen LogP contribution in [0.4, 0.5) is 0 Å². The van der Waals surface area contributed by atoms with E-state index in [9.17, 15) is 14.3 Å². The lowest BCUT2D eigenvalue weighted by Gasteiger charge is -2.20. The Kier molecular flexibility index (Phi) is 44.3. The van der Waals surface area contributed by atoms with E-state index >= 15 is 0 Å². The first-order chi connectivity index (χ1) is 27.9. The van der Waals surface area contributed by atoms with Crippen molar-refractivity contribution in [3.05, 3.63) is 48.6 Å². The summed E-state index contributed by atoms with van der Waals surface area (Å²) in [4.78, 5) is 22.5. The molecule has 57 heavy (non-hydrogen) atoms. The predicted octanol–water partition coefficient (Wildman–Crippen LogP) is 14.4. The van der Waals surface area contributed by atoms with Crippen LogP contribution in [0.15, 0.2) is 48.6 Å². The maximum atomic E-state index is 12.6. The Hall–Kier alpha value is -1.54. The van der Waals surface area contributed by atoms with E-state index in [-0.39, 0.29) is 32.3 Å². The first-order valence-electron chi connectivity index (χ1n) is 23.6. The maximum Gasteiger partial charge on any atom is 0.472 e. The number of unbranched alkanes of at least 4 members (excludes halogenated alkanes) is 24. The average Bonchev–Trinajstić information content (AvgIpc) is 3.20. The lowest BCUT2D eigenvalue weighted by molar-refractivity contribution is -0.154. The molecule has 0 aliphatic heterocycles. The fourth-order valence-electron chi connectivity index (χ4n) is 6.58. The third kappa shape index (κ3) is 45.4. The van der Waals surface area contributed by atoms with Crippen molar-refractivity contribution in [1.82, 2.24) is 0 Å². The summed E-state index contributed by atoms with van der Waals surface area (Å²) in [7, 11) is -4.28. The molecule has 0 spiro atoms. The third-order valence-corrected chi connectivity index (χ3v) is 11.0. The van der Waals surface area contributed by atoms with Crippen LogP contribution in [0.1, 0.15) is 213 Å². The molecule has 2 atom stereocenters. The predicted molar refractivity (Wildman–Crippen MR) is 243 cm³/mol. The number of phosphoric ester groups is 1. The van der Waals surface area contributed by atoms with Gasteiger partial charge >= 0.3 is 13.8 Å². The summed E-state index contributed by atoms with van der Waals surface area (Å²) in [6, 6.07) is 0. The molecule has 0 amide bonds. The first-order valence-corrected chi connectivity index (χ1v) is 25.1. The molecular formula is C48H90NO7P. The van der Waals surface area contributed by atoms with E-state index in [1.165, 1.54) is 135 Å². The normalized spacial score (nSPS) is 13.8. The number of nitrogens with two attached hydrogens (primary N) is 1. The number of esters is 1. The second-order valence-corrected chi connectivity index (χ2v) is 17.1. The van der Waals surface area contributed by atoms with Crippen molar-refractivity contribution in [1.29, 1.82) is 0 Å². The number of hydrogen-bond acceptors (Lipinski definition) is 7. The zero-order valence-corrected chi connectivity index (χ0v) is 38.0. The topological polar surface area (TPSA) is 117 Å². The Bertz CT molecular complexity index is 1010. The van der Waals surface area contributed by atoms with Gasteiger partial charge in [0.05, 0.1) is 19.8 Å². The van der Waals surface area contributed by atoms with Crippen LogP contribution in [0.5, 0.6) is 0 Å². The van der Waals surface area contributed by atoms with Crippen molar-refractivity contribution >= 4 is 13.8 Å². The van der Waals surface area contributed by atoms with Crippen LogP contribution in [-0.4, -0.2) is 49.9 Å². The molecule has 0 saturated carbocycles. The molecular weight excluding hydrogens is 734 g/mol. The van der Waals surface area contributed by atoms with Crippen molar-refractivity contribution in [2.75, 3.05) is 33.0 Å². The highest BCUT2D eigenvalue weighted by Crippen LogP contribution is 2.43. The lowest BCUT2D eigenvalue weighted by Crippen LogP contribution is -2.28. The second kappa shape index (κ2) is 45.5. The number of ether oxygens (including phenoxy) is 2. The molecule has 8 nitrogen and oxygen atoms in total. The molecule has 3 N–H and O–H groups in total. The van der Waals surface area contributed by atoms with Crippen LogP contribution >= 0.6 is 7.82 Å². The van der Waals surface area contributed by atoms with Gasteiger partial charge in [-0.2, -0.15) is 0 Å². The molecule has 0 aliphatic carbocycles. The van der Waals surface area contributed by atoms with Crippen molar-refractivity contribution in [2.24, 2.45) is 5.73 Å². The van der Waals surface area contributed by atoms with Crippen LogP contribution in [0.25, 0.3) is 0 Å². The molecule has 334 valence electrons. The van der Waals surface area contributed by atoms with Crippen molar-refractivity contribution in [2.45, 2.75) is 219 Å². The summed E-state index contributed by atoms with van der Waals surface area (Å²) in [6.45, 7) is 4.83. The van der Waals surface area contributed by atoms with E-state index in [0.717, 1.165) is 57.8 Å². The number of rotatable bonds is 45. The standard InChI is InChI=1S/C48H90NO7P/c1-3-5-7-9-11-13-15-17-18-19-20-21-22-23-24-25-26-27-28-29-31-33-35-37-39-41-48(50)56-47(46-55-57(51,52)54-44-42-49)45-53-43-40-38-36-34-32-30-16-14-12-10-8-6-4-2/h5,7,11,13,17-18,20-21,47H,3-4,6,8-10,12,14-16,19,22-46,49H2,1-2H3,(H,51,52)/b7-5-,13-11-,18-17-,21-20-. The first kappa shape index (κ1) is 55.5. The summed E-state index contributed by atoms with van der Waals surface area (Å²) in [5.41, 5.74) is 5.38. The Balaban J connectivity index is 3.92. The fraction of sp³-hybridized carbons (Fsp3) is 0.812. The fourth-order valence-corrected chi connectivity index (χ4v) is 7.34. The largest absolute Gasteiger partial charge is 0.472 e. The molecule has 0 rings (SSSR count). The smallest absolute Gasteiger partial charge is 0.457 e. The molecule has 0 radical (unpaired) electrons. The van der Waals surface area contributed by atoms with Crippen molar-refractivity contribution < 1.29 is 32.8 Å². The highest BCUT2D eigenvalue weighted by molar-refractivity contribution is 7.47. The van der Waals surface area contributed by atoms with E-state index < -0.39 is 13.9 Å². The van der Waals surface area contributed by atoms with Gasteiger partial charge in [0, 0.05) is 19.6 Å². The zero-order valence-electron chi connectivity index (χ0n) is 37.1. The number of carbonyl (C=O) groups is 1. The van der Waals surface area contributed by atoms with E-state index in [1.54, 1.807) is 0 Å². The summed E-state index contributed by atoms with van der Waals surface area (Å²) >= 11 is 0. The van der Waals surface area contributed by atoms with Crippen LogP contribution in [0, 0.1) is 0 Å². The highest BCUT2D eigenvalue weighted by atomic mass is 31.2. The molecule has 0 aromatic carbocycles. The van der Waals surface area contributed by atoms with Gasteiger partial charge in [-0.25, -0.2) is 4.57 Å². The minimum absolute atomic E-state index is 0.0952. The average molecular weight is 824 g/mol. The SMILES string of the molecule is CC/C=C\C/C=C\C/C=C\C/C=C\CCCCCCCCCCCCCCC(=O)OC(COCCCCCCCCCCCCCCC)COP(=O)(O)OCCN. The molecule has 0 fully saturated rings. The van der Waals surface area contributed by atoms with Crippen LogP contribution in [0.3, 0.4) is 0 Å². The third-order valence-electron chi connectivity index (χ3n) is 10.0. The molecule has 0 aromatic heterocycles. The minimum atomic E-state index is -4.28. The molecule has 0 aromatic rings. The van der Waals surface area contributed by atoms with Gasteiger partial charge in [-0.05, 0) is 51.4 Å². The Morgan fingerprint density at radius 1 is 0.544 bits per heavy atom. The number of hydrogen-bond donors (Lipinski definition) is 2. The van der Waals surface area contributed by atoms with Gasteiger partial charge in [0.15, 0.2) is 0 Å². The van der Waals surface area contributed by atoms with E-state index in [4.69, 9.17) is 24.3 Å². The summed E-state index contributed by atoms with van der Waals surface area (Å²) in [5.74, 6) is -0.331. The van der Waals surface area contributed by atoms with Gasteiger partial charge in [0.25, 0.3) is 0 Å². The molecule has 2 unspecified atom stereocenters. The van der Waals surface area contributed by atoms with Crippen LogP contribution in [-0.2, 0) is 27.9 Å². The molecule has 0 saturated heterocycles.